The fourth-order valence-electron chi connectivity index (χ4n) is 3.32. The molecule has 0 aromatic heterocycles. The van der Waals surface area contributed by atoms with Gasteiger partial charge in [-0.2, -0.15) is 0 Å². The van der Waals surface area contributed by atoms with Gasteiger partial charge in [0.25, 0.3) is 0 Å². The van der Waals surface area contributed by atoms with Crippen molar-refractivity contribution in [2.45, 2.75) is 31.7 Å². The van der Waals surface area contributed by atoms with Crippen LogP contribution in [0.25, 0.3) is 0 Å². The van der Waals surface area contributed by atoms with E-state index in [-0.39, 0.29) is 6.03 Å². The van der Waals surface area contributed by atoms with Crippen LogP contribution in [0.2, 0.25) is 5.02 Å². The lowest BCUT2D eigenvalue weighted by atomic mass is 10.2. The van der Waals surface area contributed by atoms with Crippen LogP contribution in [0, 0.1) is 0 Å². The van der Waals surface area contributed by atoms with E-state index in [0.29, 0.717) is 11.1 Å². The summed E-state index contributed by atoms with van der Waals surface area (Å²) in [6.07, 6.45) is 4.80. The van der Waals surface area contributed by atoms with Crippen LogP contribution < -0.4 is 5.32 Å². The summed E-state index contributed by atoms with van der Waals surface area (Å²) < 4.78 is 0. The third-order valence-corrected chi connectivity index (χ3v) is 4.62. The van der Waals surface area contributed by atoms with E-state index in [2.05, 4.69) is 10.2 Å². The summed E-state index contributed by atoms with van der Waals surface area (Å²) in [6, 6.07) is 7.66. The molecule has 0 saturated carbocycles. The Labute approximate surface area is 131 Å². The molecule has 0 spiro atoms. The highest BCUT2D eigenvalue weighted by Crippen LogP contribution is 2.22. The molecule has 21 heavy (non-hydrogen) atoms. The van der Waals surface area contributed by atoms with Crippen LogP contribution in [-0.4, -0.2) is 48.1 Å². The van der Waals surface area contributed by atoms with E-state index in [1.807, 2.05) is 23.1 Å². The number of carbonyl (C=O) groups is 1. The first-order valence-electron chi connectivity index (χ1n) is 7.78. The first kappa shape index (κ1) is 14.7. The second-order valence-corrected chi connectivity index (χ2v) is 6.37. The highest BCUT2D eigenvalue weighted by Gasteiger charge is 2.30. The maximum absolute atomic E-state index is 12.5. The molecule has 1 N–H and O–H groups in total. The molecule has 2 aliphatic heterocycles. The topological polar surface area (TPSA) is 35.6 Å². The number of hydrogen-bond donors (Lipinski definition) is 1. The lowest BCUT2D eigenvalue weighted by molar-refractivity contribution is 0.186. The minimum absolute atomic E-state index is 0.000960. The molecule has 0 unspecified atom stereocenters. The molecule has 2 amide bonds. The standard InChI is InChI=1S/C16H22ClN3O/c17-13-5-3-6-14(11-13)18-16(21)20-10-4-7-15(20)12-19-8-1-2-9-19/h3,5-6,11,15H,1-2,4,7-10,12H2,(H,18,21)/t15-/m0/s1. The lowest BCUT2D eigenvalue weighted by Crippen LogP contribution is -2.44. The number of amides is 2. The maximum atomic E-state index is 12.5. The molecule has 0 radical (unpaired) electrons. The summed E-state index contributed by atoms with van der Waals surface area (Å²) in [5.74, 6) is 0. The van der Waals surface area contributed by atoms with Crippen LogP contribution in [-0.2, 0) is 0 Å². The number of rotatable bonds is 3. The molecule has 2 fully saturated rings. The number of nitrogens with one attached hydrogen (secondary N) is 1. The highest BCUT2D eigenvalue weighted by molar-refractivity contribution is 6.30. The van der Waals surface area contributed by atoms with Crippen LogP contribution in [0.5, 0.6) is 0 Å². The van der Waals surface area contributed by atoms with Crippen LogP contribution in [0.1, 0.15) is 25.7 Å². The molecule has 3 rings (SSSR count). The summed E-state index contributed by atoms with van der Waals surface area (Å²) in [7, 11) is 0. The van der Waals surface area contributed by atoms with Gasteiger partial charge in [0.15, 0.2) is 0 Å². The van der Waals surface area contributed by atoms with Crippen molar-refractivity contribution in [3.05, 3.63) is 29.3 Å². The van der Waals surface area contributed by atoms with Crippen LogP contribution in [0.4, 0.5) is 10.5 Å². The number of carbonyl (C=O) groups excluding carboxylic acids is 1. The van der Waals surface area contributed by atoms with Crippen LogP contribution in [0.15, 0.2) is 24.3 Å². The molecule has 4 nitrogen and oxygen atoms in total. The number of nitrogens with zero attached hydrogens (tertiary/aromatic N) is 2. The van der Waals surface area contributed by atoms with Gasteiger partial charge < -0.3 is 15.1 Å². The molecule has 1 atom stereocenters. The van der Waals surface area contributed by atoms with Gasteiger partial charge in [-0.1, -0.05) is 17.7 Å². The van der Waals surface area contributed by atoms with Crippen molar-refractivity contribution >= 4 is 23.3 Å². The molecule has 1 aromatic rings. The Bertz CT molecular complexity index is 502. The summed E-state index contributed by atoms with van der Waals surface area (Å²) in [6.45, 7) is 4.23. The van der Waals surface area contributed by atoms with E-state index < -0.39 is 0 Å². The second kappa shape index (κ2) is 6.67. The Hall–Kier alpha value is -1.26. The maximum Gasteiger partial charge on any atom is 0.322 e. The van der Waals surface area contributed by atoms with Gasteiger partial charge in [0, 0.05) is 29.8 Å². The highest BCUT2D eigenvalue weighted by atomic mass is 35.5. The van der Waals surface area contributed by atoms with E-state index in [1.54, 1.807) is 6.07 Å². The Kier molecular flexibility index (Phi) is 4.66. The average molecular weight is 308 g/mol. The van der Waals surface area contributed by atoms with Crippen molar-refractivity contribution in [2.24, 2.45) is 0 Å². The van der Waals surface area contributed by atoms with E-state index in [0.717, 1.165) is 31.6 Å². The van der Waals surface area contributed by atoms with E-state index in [9.17, 15) is 4.79 Å². The number of anilines is 1. The van der Waals surface area contributed by atoms with E-state index in [1.165, 1.54) is 25.9 Å². The van der Waals surface area contributed by atoms with E-state index >= 15 is 0 Å². The van der Waals surface area contributed by atoms with Crippen molar-refractivity contribution in [1.29, 1.82) is 0 Å². The first-order valence-corrected chi connectivity index (χ1v) is 8.16. The van der Waals surface area contributed by atoms with Gasteiger partial charge in [0.1, 0.15) is 0 Å². The van der Waals surface area contributed by atoms with E-state index in [4.69, 9.17) is 11.6 Å². The summed E-state index contributed by atoms with van der Waals surface area (Å²) >= 11 is 5.96. The summed E-state index contributed by atoms with van der Waals surface area (Å²) in [4.78, 5) is 16.9. The zero-order valence-corrected chi connectivity index (χ0v) is 13.0. The molecule has 5 heteroatoms. The van der Waals surface area contributed by atoms with Gasteiger partial charge in [0.05, 0.1) is 0 Å². The molecule has 114 valence electrons. The SMILES string of the molecule is O=C(Nc1cccc(Cl)c1)N1CCC[C@H]1CN1CCCC1. The zero-order valence-electron chi connectivity index (χ0n) is 12.2. The molecule has 0 bridgehead atoms. The normalized spacial score (nSPS) is 22.7. The average Bonchev–Trinajstić information content (AvgIpc) is 3.10. The Morgan fingerprint density at radius 2 is 2.05 bits per heavy atom. The van der Waals surface area contributed by atoms with Gasteiger partial charge in [-0.25, -0.2) is 4.79 Å². The second-order valence-electron chi connectivity index (χ2n) is 5.94. The third-order valence-electron chi connectivity index (χ3n) is 4.38. The van der Waals surface area contributed by atoms with Gasteiger partial charge in [0.2, 0.25) is 0 Å². The number of halogens is 1. The third kappa shape index (κ3) is 3.69. The minimum Gasteiger partial charge on any atom is -0.320 e. The minimum atomic E-state index is -0.000960. The predicted molar refractivity (Wildman–Crippen MR) is 85.9 cm³/mol. The lowest BCUT2D eigenvalue weighted by Gasteiger charge is -2.28. The molecule has 1 aromatic carbocycles. The number of hydrogen-bond acceptors (Lipinski definition) is 2. The summed E-state index contributed by atoms with van der Waals surface area (Å²) in [5, 5.41) is 3.61. The zero-order chi connectivity index (χ0) is 14.7. The van der Waals surface area contributed by atoms with Crippen molar-refractivity contribution in [3.63, 3.8) is 0 Å². The Balaban J connectivity index is 1.60. The smallest absolute Gasteiger partial charge is 0.320 e. The number of likely N-dealkylation sites (tertiary alicyclic amines) is 2. The molecule has 2 aliphatic rings. The van der Waals surface area contributed by atoms with Gasteiger partial charge >= 0.3 is 6.03 Å². The predicted octanol–water partition coefficient (Wildman–Crippen LogP) is 3.43. The first-order chi connectivity index (χ1) is 10.2. The molecule has 0 aliphatic carbocycles. The number of benzene rings is 1. The quantitative estimate of drug-likeness (QED) is 0.928. The Morgan fingerprint density at radius 3 is 2.81 bits per heavy atom. The molecule has 2 saturated heterocycles. The Morgan fingerprint density at radius 1 is 1.24 bits per heavy atom. The summed E-state index contributed by atoms with van der Waals surface area (Å²) in [5.41, 5.74) is 0.763. The van der Waals surface area contributed by atoms with Crippen molar-refractivity contribution in [2.75, 3.05) is 31.5 Å². The van der Waals surface area contributed by atoms with Crippen LogP contribution >= 0.6 is 11.6 Å². The van der Waals surface area contributed by atoms with Crippen molar-refractivity contribution in [1.82, 2.24) is 9.80 Å². The van der Waals surface area contributed by atoms with Crippen molar-refractivity contribution in [3.8, 4) is 0 Å². The van der Waals surface area contributed by atoms with Gasteiger partial charge in [-0.3, -0.25) is 0 Å². The molecular weight excluding hydrogens is 286 g/mol. The largest absolute Gasteiger partial charge is 0.322 e. The fourth-order valence-corrected chi connectivity index (χ4v) is 3.51. The molecular formula is C16H22ClN3O. The monoisotopic (exact) mass is 307 g/mol. The number of urea groups is 1. The van der Waals surface area contributed by atoms with Gasteiger partial charge in [-0.15, -0.1) is 0 Å². The fraction of sp³-hybridized carbons (Fsp3) is 0.562. The van der Waals surface area contributed by atoms with Gasteiger partial charge in [-0.05, 0) is 57.0 Å². The molecule has 2 heterocycles. The van der Waals surface area contributed by atoms with Crippen molar-refractivity contribution < 1.29 is 4.79 Å². The van der Waals surface area contributed by atoms with Crippen LogP contribution in [0.3, 0.4) is 0 Å².